The Kier molecular flexibility index (Phi) is 8.38. The number of ether oxygens (including phenoxy) is 1. The van der Waals surface area contributed by atoms with Gasteiger partial charge in [0.15, 0.2) is 5.78 Å². The molecule has 1 unspecified atom stereocenters. The minimum atomic E-state index is -0.0551. The van der Waals surface area contributed by atoms with Crippen molar-refractivity contribution in [2.75, 3.05) is 6.61 Å². The highest BCUT2D eigenvalue weighted by Crippen LogP contribution is 2.14. The molecular weight excluding hydrogens is 290 g/mol. The molecule has 128 valence electrons. The van der Waals surface area contributed by atoms with Gasteiger partial charge in [-0.05, 0) is 56.9 Å². The van der Waals surface area contributed by atoms with E-state index in [2.05, 4.69) is 19.2 Å². The average Bonchev–Trinajstić information content (AvgIpc) is 2.51. The zero-order valence-electron chi connectivity index (χ0n) is 14.7. The van der Waals surface area contributed by atoms with Gasteiger partial charge in [0.05, 0.1) is 6.61 Å². The van der Waals surface area contributed by atoms with Crippen LogP contribution in [0.15, 0.2) is 24.3 Å². The van der Waals surface area contributed by atoms with Gasteiger partial charge in [-0.15, -0.1) is 0 Å². The van der Waals surface area contributed by atoms with E-state index in [1.807, 2.05) is 13.8 Å². The van der Waals surface area contributed by atoms with Gasteiger partial charge in [-0.3, -0.25) is 9.59 Å². The Hall–Kier alpha value is -1.84. The molecule has 0 aliphatic carbocycles. The minimum absolute atomic E-state index is 0.0157. The zero-order chi connectivity index (χ0) is 17.2. The molecule has 0 spiro atoms. The van der Waals surface area contributed by atoms with Crippen molar-refractivity contribution in [1.29, 1.82) is 0 Å². The van der Waals surface area contributed by atoms with E-state index in [9.17, 15) is 9.59 Å². The number of hydrogen-bond donors (Lipinski definition) is 1. The SMILES string of the molecule is CCOc1ccc(C(=O)CCC(=O)NC(C)CCC(C)C)cc1. The van der Waals surface area contributed by atoms with Crippen molar-refractivity contribution in [1.82, 2.24) is 5.32 Å². The van der Waals surface area contributed by atoms with Crippen LogP contribution < -0.4 is 10.1 Å². The van der Waals surface area contributed by atoms with E-state index >= 15 is 0 Å². The lowest BCUT2D eigenvalue weighted by molar-refractivity contribution is -0.121. The number of rotatable bonds is 10. The van der Waals surface area contributed by atoms with Gasteiger partial charge in [-0.1, -0.05) is 13.8 Å². The number of Topliss-reactive ketones (excluding diaryl/α,β-unsaturated/α-hetero) is 1. The summed E-state index contributed by atoms with van der Waals surface area (Å²) in [5.41, 5.74) is 0.620. The van der Waals surface area contributed by atoms with Gasteiger partial charge in [-0.2, -0.15) is 0 Å². The number of benzene rings is 1. The maximum Gasteiger partial charge on any atom is 0.220 e. The first-order valence-electron chi connectivity index (χ1n) is 8.47. The maximum absolute atomic E-state index is 12.1. The van der Waals surface area contributed by atoms with Crippen LogP contribution in [0.5, 0.6) is 5.75 Å². The van der Waals surface area contributed by atoms with Gasteiger partial charge in [0, 0.05) is 24.4 Å². The smallest absolute Gasteiger partial charge is 0.220 e. The number of ketones is 1. The van der Waals surface area contributed by atoms with Gasteiger partial charge in [0.25, 0.3) is 0 Å². The first-order valence-corrected chi connectivity index (χ1v) is 8.47. The van der Waals surface area contributed by atoms with Crippen LogP contribution in [0.2, 0.25) is 0 Å². The van der Waals surface area contributed by atoms with Crippen LogP contribution in [0.3, 0.4) is 0 Å². The van der Waals surface area contributed by atoms with Gasteiger partial charge in [0.1, 0.15) is 5.75 Å². The Morgan fingerprint density at radius 3 is 2.26 bits per heavy atom. The lowest BCUT2D eigenvalue weighted by atomic mass is 10.0. The fourth-order valence-corrected chi connectivity index (χ4v) is 2.28. The zero-order valence-corrected chi connectivity index (χ0v) is 14.7. The summed E-state index contributed by atoms with van der Waals surface area (Å²) >= 11 is 0. The van der Waals surface area contributed by atoms with Crippen molar-refractivity contribution in [2.24, 2.45) is 5.92 Å². The van der Waals surface area contributed by atoms with Gasteiger partial charge in [-0.25, -0.2) is 0 Å². The van der Waals surface area contributed by atoms with Crippen molar-refractivity contribution in [2.45, 2.75) is 59.4 Å². The molecule has 0 saturated carbocycles. The Morgan fingerprint density at radius 2 is 1.70 bits per heavy atom. The molecule has 4 nitrogen and oxygen atoms in total. The monoisotopic (exact) mass is 319 g/mol. The van der Waals surface area contributed by atoms with Crippen molar-refractivity contribution in [3.8, 4) is 5.75 Å². The molecule has 4 heteroatoms. The van der Waals surface area contributed by atoms with Crippen molar-refractivity contribution >= 4 is 11.7 Å². The summed E-state index contributed by atoms with van der Waals surface area (Å²) in [7, 11) is 0. The third-order valence-corrected chi connectivity index (χ3v) is 3.65. The molecule has 1 atom stereocenters. The minimum Gasteiger partial charge on any atom is -0.494 e. The molecule has 0 bridgehead atoms. The molecule has 0 heterocycles. The second-order valence-electron chi connectivity index (χ2n) is 6.32. The highest BCUT2D eigenvalue weighted by atomic mass is 16.5. The second-order valence-corrected chi connectivity index (χ2v) is 6.32. The number of carbonyl (C=O) groups excluding carboxylic acids is 2. The van der Waals surface area contributed by atoms with Crippen LogP contribution in [0.4, 0.5) is 0 Å². The molecule has 0 aliphatic heterocycles. The summed E-state index contributed by atoms with van der Waals surface area (Å²) in [6.07, 6.45) is 2.53. The van der Waals surface area contributed by atoms with Crippen molar-refractivity contribution in [3.05, 3.63) is 29.8 Å². The van der Waals surface area contributed by atoms with E-state index in [1.54, 1.807) is 24.3 Å². The van der Waals surface area contributed by atoms with Crippen LogP contribution in [-0.2, 0) is 4.79 Å². The molecule has 1 aromatic rings. The van der Waals surface area contributed by atoms with E-state index in [0.717, 1.165) is 18.6 Å². The number of nitrogens with one attached hydrogen (secondary N) is 1. The largest absolute Gasteiger partial charge is 0.494 e. The van der Waals surface area contributed by atoms with Crippen LogP contribution in [-0.4, -0.2) is 24.3 Å². The highest BCUT2D eigenvalue weighted by Gasteiger charge is 2.12. The fourth-order valence-electron chi connectivity index (χ4n) is 2.28. The third-order valence-electron chi connectivity index (χ3n) is 3.65. The molecule has 0 aliphatic rings. The van der Waals surface area contributed by atoms with E-state index in [-0.39, 0.29) is 30.6 Å². The van der Waals surface area contributed by atoms with Crippen LogP contribution in [0.1, 0.15) is 63.7 Å². The summed E-state index contributed by atoms with van der Waals surface area (Å²) < 4.78 is 5.35. The van der Waals surface area contributed by atoms with Crippen LogP contribution in [0.25, 0.3) is 0 Å². The van der Waals surface area contributed by atoms with Crippen LogP contribution >= 0.6 is 0 Å². The summed E-state index contributed by atoms with van der Waals surface area (Å²) in [5.74, 6) is 1.31. The summed E-state index contributed by atoms with van der Waals surface area (Å²) in [4.78, 5) is 24.0. The van der Waals surface area contributed by atoms with Gasteiger partial charge >= 0.3 is 0 Å². The summed E-state index contributed by atoms with van der Waals surface area (Å²) in [5, 5.41) is 2.96. The summed E-state index contributed by atoms with van der Waals surface area (Å²) in [6.45, 7) is 8.87. The van der Waals surface area contributed by atoms with Gasteiger partial charge in [0.2, 0.25) is 5.91 Å². The normalized spacial score (nSPS) is 12.0. The maximum atomic E-state index is 12.1. The molecule has 1 rings (SSSR count). The molecular formula is C19H29NO3. The standard InChI is InChI=1S/C19H29NO3/c1-5-23-17-10-8-16(9-11-17)18(21)12-13-19(22)20-15(4)7-6-14(2)3/h8-11,14-15H,5-7,12-13H2,1-4H3,(H,20,22). The molecule has 0 fully saturated rings. The molecule has 0 saturated heterocycles. The number of amides is 1. The quantitative estimate of drug-likeness (QED) is 0.663. The van der Waals surface area contributed by atoms with Gasteiger partial charge < -0.3 is 10.1 Å². The number of hydrogen-bond acceptors (Lipinski definition) is 3. The molecule has 1 amide bonds. The van der Waals surface area contributed by atoms with E-state index in [4.69, 9.17) is 4.74 Å². The molecule has 1 N–H and O–H groups in total. The van der Waals surface area contributed by atoms with Crippen molar-refractivity contribution < 1.29 is 14.3 Å². The van der Waals surface area contributed by atoms with E-state index in [0.29, 0.717) is 18.1 Å². The van der Waals surface area contributed by atoms with E-state index in [1.165, 1.54) is 0 Å². The Bertz CT molecular complexity index is 494. The third kappa shape index (κ3) is 7.82. The first kappa shape index (κ1) is 19.2. The topological polar surface area (TPSA) is 55.4 Å². The molecule has 0 radical (unpaired) electrons. The molecule has 23 heavy (non-hydrogen) atoms. The Labute approximate surface area is 139 Å². The fraction of sp³-hybridized carbons (Fsp3) is 0.579. The van der Waals surface area contributed by atoms with Crippen LogP contribution in [0, 0.1) is 5.92 Å². The predicted molar refractivity (Wildman–Crippen MR) is 92.9 cm³/mol. The second kappa shape index (κ2) is 10.0. The summed E-state index contributed by atoms with van der Waals surface area (Å²) in [6, 6.07) is 7.22. The first-order chi connectivity index (χ1) is 10.9. The lowest BCUT2D eigenvalue weighted by Gasteiger charge is -2.15. The predicted octanol–water partition coefficient (Wildman–Crippen LogP) is 3.99. The molecule has 1 aromatic carbocycles. The molecule has 0 aromatic heterocycles. The van der Waals surface area contributed by atoms with E-state index < -0.39 is 0 Å². The Morgan fingerprint density at radius 1 is 1.04 bits per heavy atom. The number of carbonyl (C=O) groups is 2. The highest BCUT2D eigenvalue weighted by molar-refractivity contribution is 5.98. The average molecular weight is 319 g/mol. The lowest BCUT2D eigenvalue weighted by Crippen LogP contribution is -2.32. The Balaban J connectivity index is 2.35. The van der Waals surface area contributed by atoms with Crippen molar-refractivity contribution in [3.63, 3.8) is 0 Å².